The summed E-state index contributed by atoms with van der Waals surface area (Å²) in [4.78, 5) is 0. The van der Waals surface area contributed by atoms with Crippen molar-refractivity contribution >= 4 is 0 Å². The topological polar surface area (TPSA) is 89.8 Å². The second-order valence-electron chi connectivity index (χ2n) is 3.66. The van der Waals surface area contributed by atoms with Gasteiger partial charge < -0.3 is 9.47 Å². The van der Waals surface area contributed by atoms with Crippen molar-refractivity contribution < 1.29 is 9.47 Å². The van der Waals surface area contributed by atoms with Gasteiger partial charge in [-0.25, -0.2) is 0 Å². The first-order chi connectivity index (χ1) is 8.24. The number of unbranched alkanes of at least 4 members (excludes halogenated alkanes) is 2. The predicted octanol–water partition coefficient (Wildman–Crippen LogP) is 1.77. The monoisotopic (exact) mass is 235 g/mol. The van der Waals surface area contributed by atoms with Crippen LogP contribution < -0.4 is 0 Å². The fourth-order valence-electron chi connectivity index (χ4n) is 1.26. The molecule has 0 aromatic rings. The molecule has 5 heteroatoms. The minimum absolute atomic E-state index is 0.300. The van der Waals surface area contributed by atoms with Gasteiger partial charge in [0.25, 0.3) is 0 Å². The molecular formula is C12H17N3O2. The highest BCUT2D eigenvalue weighted by Crippen LogP contribution is 2.22. The van der Waals surface area contributed by atoms with E-state index in [2.05, 4.69) is 0 Å². The molecular weight excluding hydrogens is 218 g/mol. The molecule has 0 aromatic heterocycles. The molecule has 0 amide bonds. The molecule has 0 rings (SSSR count). The van der Waals surface area contributed by atoms with Crippen molar-refractivity contribution in [1.29, 1.82) is 15.8 Å². The van der Waals surface area contributed by atoms with E-state index in [1.807, 2.05) is 0 Å². The molecule has 0 aliphatic carbocycles. The lowest BCUT2D eigenvalue weighted by Gasteiger charge is -2.08. The first-order valence-electron chi connectivity index (χ1n) is 5.55. The quantitative estimate of drug-likeness (QED) is 0.568. The van der Waals surface area contributed by atoms with Crippen LogP contribution in [0.15, 0.2) is 0 Å². The molecule has 0 saturated heterocycles. The SMILES string of the molecule is COCCOCCCCCC(C#N)(C#N)C#N. The van der Waals surface area contributed by atoms with Gasteiger partial charge in [-0.3, -0.25) is 0 Å². The van der Waals surface area contributed by atoms with Crippen LogP contribution in [0.4, 0.5) is 0 Å². The van der Waals surface area contributed by atoms with Gasteiger partial charge in [0.15, 0.2) is 0 Å². The summed E-state index contributed by atoms with van der Waals surface area (Å²) in [5, 5.41) is 26.2. The van der Waals surface area contributed by atoms with E-state index in [0.717, 1.165) is 12.8 Å². The van der Waals surface area contributed by atoms with Crippen molar-refractivity contribution in [2.45, 2.75) is 25.7 Å². The van der Waals surface area contributed by atoms with Crippen molar-refractivity contribution in [3.8, 4) is 18.2 Å². The minimum atomic E-state index is -1.48. The first kappa shape index (κ1) is 15.4. The summed E-state index contributed by atoms with van der Waals surface area (Å²) in [5.41, 5.74) is -1.48. The van der Waals surface area contributed by atoms with E-state index in [4.69, 9.17) is 25.3 Å². The molecule has 0 aliphatic rings. The van der Waals surface area contributed by atoms with E-state index in [-0.39, 0.29) is 0 Å². The Morgan fingerprint density at radius 3 is 2.06 bits per heavy atom. The van der Waals surface area contributed by atoms with Crippen LogP contribution in [-0.4, -0.2) is 26.9 Å². The molecule has 0 N–H and O–H groups in total. The molecule has 0 radical (unpaired) electrons. The lowest BCUT2D eigenvalue weighted by atomic mass is 9.87. The fourth-order valence-corrected chi connectivity index (χ4v) is 1.26. The highest BCUT2D eigenvalue weighted by atomic mass is 16.5. The Balaban J connectivity index is 3.56. The van der Waals surface area contributed by atoms with Gasteiger partial charge >= 0.3 is 0 Å². The number of hydrogen-bond donors (Lipinski definition) is 0. The predicted molar refractivity (Wildman–Crippen MR) is 60.4 cm³/mol. The molecule has 17 heavy (non-hydrogen) atoms. The van der Waals surface area contributed by atoms with Gasteiger partial charge in [0, 0.05) is 13.7 Å². The van der Waals surface area contributed by atoms with Crippen molar-refractivity contribution in [2.24, 2.45) is 5.41 Å². The maximum Gasteiger partial charge on any atom is 0.228 e. The van der Waals surface area contributed by atoms with Gasteiger partial charge in [0.1, 0.15) is 18.2 Å². The standard InChI is InChI=1S/C12H17N3O2/c1-16-7-8-17-6-4-2-3-5-12(9-13,10-14)11-15/h2-8H2,1H3. The summed E-state index contributed by atoms with van der Waals surface area (Å²) in [6.07, 6.45) is 2.69. The maximum atomic E-state index is 8.74. The number of nitriles is 3. The molecule has 0 aliphatic heterocycles. The van der Waals surface area contributed by atoms with E-state index in [1.54, 1.807) is 25.3 Å². The van der Waals surface area contributed by atoms with E-state index >= 15 is 0 Å². The Labute approximate surface area is 102 Å². The second kappa shape index (κ2) is 9.60. The summed E-state index contributed by atoms with van der Waals surface area (Å²) < 4.78 is 10.1. The number of rotatable bonds is 9. The van der Waals surface area contributed by atoms with E-state index in [0.29, 0.717) is 32.7 Å². The third-order valence-electron chi connectivity index (χ3n) is 2.34. The van der Waals surface area contributed by atoms with Crippen molar-refractivity contribution in [3.63, 3.8) is 0 Å². The Kier molecular flexibility index (Phi) is 8.69. The molecule has 0 bridgehead atoms. The van der Waals surface area contributed by atoms with Crippen LogP contribution in [0.3, 0.4) is 0 Å². The van der Waals surface area contributed by atoms with Crippen molar-refractivity contribution in [1.82, 2.24) is 0 Å². The van der Waals surface area contributed by atoms with Gasteiger partial charge in [-0.1, -0.05) is 6.42 Å². The van der Waals surface area contributed by atoms with Crippen LogP contribution in [-0.2, 0) is 9.47 Å². The zero-order valence-electron chi connectivity index (χ0n) is 10.1. The lowest BCUT2D eigenvalue weighted by Crippen LogP contribution is -2.13. The van der Waals surface area contributed by atoms with Crippen molar-refractivity contribution in [2.75, 3.05) is 26.9 Å². The normalized spacial score (nSPS) is 10.2. The zero-order chi connectivity index (χ0) is 13.0. The van der Waals surface area contributed by atoms with Crippen LogP contribution in [0.5, 0.6) is 0 Å². The molecule has 0 spiro atoms. The Morgan fingerprint density at radius 1 is 0.882 bits per heavy atom. The second-order valence-corrected chi connectivity index (χ2v) is 3.66. The Morgan fingerprint density at radius 2 is 1.53 bits per heavy atom. The van der Waals surface area contributed by atoms with Gasteiger partial charge in [0.05, 0.1) is 13.2 Å². The van der Waals surface area contributed by atoms with Gasteiger partial charge in [-0.2, -0.15) is 15.8 Å². The van der Waals surface area contributed by atoms with Crippen LogP contribution >= 0.6 is 0 Å². The van der Waals surface area contributed by atoms with Gasteiger partial charge in [-0.05, 0) is 19.3 Å². The first-order valence-corrected chi connectivity index (χ1v) is 5.55. The molecule has 0 unspecified atom stereocenters. The summed E-state index contributed by atoms with van der Waals surface area (Å²) in [5.74, 6) is 0. The number of ether oxygens (including phenoxy) is 2. The summed E-state index contributed by atoms with van der Waals surface area (Å²) in [6, 6.07) is 5.29. The third kappa shape index (κ3) is 6.53. The molecule has 0 atom stereocenters. The molecule has 0 heterocycles. The molecule has 92 valence electrons. The maximum absolute atomic E-state index is 8.74. The van der Waals surface area contributed by atoms with Crippen LogP contribution in [0.1, 0.15) is 25.7 Å². The fraction of sp³-hybridized carbons (Fsp3) is 0.750. The average Bonchev–Trinajstić information content (AvgIpc) is 2.38. The summed E-state index contributed by atoms with van der Waals surface area (Å²) >= 11 is 0. The van der Waals surface area contributed by atoms with E-state index in [9.17, 15) is 0 Å². The largest absolute Gasteiger partial charge is 0.382 e. The molecule has 0 fully saturated rings. The Bertz CT molecular complexity index is 286. The average molecular weight is 235 g/mol. The molecule has 5 nitrogen and oxygen atoms in total. The third-order valence-corrected chi connectivity index (χ3v) is 2.34. The minimum Gasteiger partial charge on any atom is -0.382 e. The van der Waals surface area contributed by atoms with Crippen LogP contribution in [0.25, 0.3) is 0 Å². The van der Waals surface area contributed by atoms with E-state index < -0.39 is 5.41 Å². The highest BCUT2D eigenvalue weighted by molar-refractivity contribution is 5.25. The van der Waals surface area contributed by atoms with Gasteiger partial charge in [0.2, 0.25) is 5.41 Å². The highest BCUT2D eigenvalue weighted by Gasteiger charge is 2.28. The van der Waals surface area contributed by atoms with E-state index in [1.165, 1.54) is 0 Å². The van der Waals surface area contributed by atoms with Crippen LogP contribution in [0.2, 0.25) is 0 Å². The summed E-state index contributed by atoms with van der Waals surface area (Å²) in [6.45, 7) is 1.80. The number of hydrogen-bond acceptors (Lipinski definition) is 5. The number of nitrogens with zero attached hydrogens (tertiary/aromatic N) is 3. The summed E-state index contributed by atoms with van der Waals surface area (Å²) in [7, 11) is 1.62. The number of methoxy groups -OCH3 is 1. The lowest BCUT2D eigenvalue weighted by molar-refractivity contribution is 0.0685. The van der Waals surface area contributed by atoms with Crippen LogP contribution in [0, 0.1) is 39.4 Å². The molecule has 0 saturated carbocycles. The molecule has 0 aromatic carbocycles. The van der Waals surface area contributed by atoms with Crippen molar-refractivity contribution in [3.05, 3.63) is 0 Å². The van der Waals surface area contributed by atoms with Gasteiger partial charge in [-0.15, -0.1) is 0 Å². The smallest absolute Gasteiger partial charge is 0.228 e. The zero-order valence-corrected chi connectivity index (χ0v) is 10.1. The Hall–Kier alpha value is -1.61.